The lowest BCUT2D eigenvalue weighted by molar-refractivity contribution is -0.409. The van der Waals surface area contributed by atoms with Gasteiger partial charge in [-0.3, -0.25) is 24.0 Å². The zero-order chi connectivity index (χ0) is 77.7. The van der Waals surface area contributed by atoms with Gasteiger partial charge in [0.25, 0.3) is 5.60 Å². The second-order valence-corrected chi connectivity index (χ2v) is 34.3. The summed E-state index contributed by atoms with van der Waals surface area (Å²) in [4.78, 5) is 59.9. The molecule has 7 rings (SSSR count). The van der Waals surface area contributed by atoms with E-state index in [4.69, 9.17) is 28.4 Å². The van der Waals surface area contributed by atoms with Crippen LogP contribution in [0.3, 0.4) is 0 Å². The predicted octanol–water partition coefficient (Wildman–Crippen LogP) is 14.1. The first-order valence-electron chi connectivity index (χ1n) is 34.0. The van der Waals surface area contributed by atoms with Crippen LogP contribution >= 0.6 is 0 Å². The summed E-state index contributed by atoms with van der Waals surface area (Å²) in [6.07, 6.45) is -10.7. The van der Waals surface area contributed by atoms with E-state index in [2.05, 4.69) is 9.47 Å². The van der Waals surface area contributed by atoms with Gasteiger partial charge >= 0.3 is 60.1 Å². The molecule has 99 heavy (non-hydrogen) atoms. The Morgan fingerprint density at radius 1 is 0.525 bits per heavy atom. The fourth-order valence-electron chi connectivity index (χ4n) is 13.1. The van der Waals surface area contributed by atoms with Crippen LogP contribution in [0.4, 0.5) is 48.3 Å². The van der Waals surface area contributed by atoms with E-state index in [0.717, 1.165) is 32.1 Å². The van der Waals surface area contributed by atoms with Crippen molar-refractivity contribution < 1.29 is 136 Å². The molecule has 5 aliphatic carbocycles. The molecule has 0 aromatic rings. The standard InChI is InChI=1S/C26H44F6O6.C22H38O4.C12H17F5O4.C10H16O4/c1-10-20(2,3)19(33)38-18-12-16(22(6,7)36-14-21(4,5)34)11-17(13-18)23(8,9)37-15-24(35,25(27,28)29)26(30,31)32;1-8-17(2,3)16(23)26-22-11-15-9-20(13-22,18(4,5)24)12-21(10-15,14-22)19(6,7)25;1-5-8(2,3)7(18)21-9(4)6-20-11(19,10(9,13)14)12(15,16)17;1-4-10(2,3)9(12)14-7-5-8(11)13-6-7/h16-18,34-35H,10-15H2,1-9H3;15,24-25H,8-14H2,1-7H3;19H,5-6H2,1-4H3;7H,4-6H2,1-3H3. The summed E-state index contributed by atoms with van der Waals surface area (Å²) in [6.45, 7) is 35.5. The lowest BCUT2D eigenvalue weighted by Gasteiger charge is -2.70. The van der Waals surface area contributed by atoms with Gasteiger partial charge in [0.1, 0.15) is 24.4 Å². The lowest BCUT2D eigenvalue weighted by atomic mass is 9.37. The van der Waals surface area contributed by atoms with E-state index < -0.39 is 134 Å². The molecule has 8 unspecified atom stereocenters. The van der Waals surface area contributed by atoms with Crippen molar-refractivity contribution in [3.8, 4) is 0 Å². The lowest BCUT2D eigenvalue weighted by Crippen LogP contribution is -2.70. The second kappa shape index (κ2) is 29.7. The number of esters is 5. The number of hydrogen-bond donors (Lipinski definition) is 5. The summed E-state index contributed by atoms with van der Waals surface area (Å²) in [5.74, 6) is -12.4. The third kappa shape index (κ3) is 20.0. The van der Waals surface area contributed by atoms with Gasteiger partial charge in [-0.05, 0) is 233 Å². The van der Waals surface area contributed by atoms with Gasteiger partial charge in [-0.15, -0.1) is 0 Å². The van der Waals surface area contributed by atoms with E-state index in [-0.39, 0.29) is 79.7 Å². The van der Waals surface area contributed by atoms with Gasteiger partial charge in [-0.25, -0.2) is 0 Å². The molecular formula is C70H115F11O18. The number of carbonyl (C=O) groups is 5. The maximum atomic E-state index is 14.0. The minimum absolute atomic E-state index is 0.0292. The zero-order valence-corrected chi connectivity index (χ0v) is 62.3. The van der Waals surface area contributed by atoms with Gasteiger partial charge in [0, 0.05) is 10.8 Å². The molecule has 580 valence electrons. The fourth-order valence-corrected chi connectivity index (χ4v) is 13.1. The van der Waals surface area contributed by atoms with Crippen molar-refractivity contribution in [2.45, 2.75) is 336 Å². The molecule has 8 atom stereocenters. The van der Waals surface area contributed by atoms with E-state index in [1.165, 1.54) is 27.7 Å². The Morgan fingerprint density at radius 2 is 0.899 bits per heavy atom. The highest BCUT2D eigenvalue weighted by molar-refractivity contribution is 5.78. The molecule has 2 aliphatic heterocycles. The summed E-state index contributed by atoms with van der Waals surface area (Å²) in [6, 6.07) is 0. The number of hydrogen-bond acceptors (Lipinski definition) is 18. The summed E-state index contributed by atoms with van der Waals surface area (Å²) in [5, 5.41) is 51.0. The van der Waals surface area contributed by atoms with Crippen molar-refractivity contribution in [2.75, 3.05) is 26.4 Å². The van der Waals surface area contributed by atoms with Crippen molar-refractivity contribution in [3.63, 3.8) is 0 Å². The molecule has 29 heteroatoms. The number of halogens is 11. The number of aliphatic hydroxyl groups is 5. The van der Waals surface area contributed by atoms with E-state index >= 15 is 0 Å². The Hall–Kier alpha value is -3.74. The molecular weight excluding hydrogens is 1340 g/mol. The molecule has 0 radical (unpaired) electrons. The Labute approximate surface area is 576 Å². The maximum Gasteiger partial charge on any atom is 0.449 e. The number of alkyl halides is 11. The first kappa shape index (κ1) is 89.5. The molecule has 2 heterocycles. The second-order valence-electron chi connectivity index (χ2n) is 34.3. The fraction of sp³-hybridized carbons (Fsp3) is 0.929. The zero-order valence-electron chi connectivity index (χ0n) is 62.3. The van der Waals surface area contributed by atoms with Crippen LogP contribution in [0.5, 0.6) is 0 Å². The highest BCUT2D eigenvalue weighted by Crippen LogP contribution is 2.73. The van der Waals surface area contributed by atoms with E-state index in [1.807, 2.05) is 76.2 Å². The number of cyclic esters (lactones) is 1. The predicted molar refractivity (Wildman–Crippen MR) is 340 cm³/mol. The molecule has 5 saturated carbocycles. The molecule has 7 aliphatic rings. The van der Waals surface area contributed by atoms with Crippen molar-refractivity contribution in [1.29, 1.82) is 0 Å². The van der Waals surface area contributed by atoms with Crippen LogP contribution < -0.4 is 0 Å². The summed E-state index contributed by atoms with van der Waals surface area (Å²) in [5.41, 5.74) is -17.4. The molecule has 18 nitrogen and oxygen atoms in total. The third-order valence-electron chi connectivity index (χ3n) is 22.4. The van der Waals surface area contributed by atoms with Crippen LogP contribution in [0.2, 0.25) is 0 Å². The summed E-state index contributed by atoms with van der Waals surface area (Å²) >= 11 is 0. The Kier molecular flexibility index (Phi) is 26.8. The van der Waals surface area contributed by atoms with Crippen LogP contribution in [-0.4, -0.2) is 169 Å². The first-order chi connectivity index (χ1) is 43.9. The van der Waals surface area contributed by atoms with Crippen LogP contribution in [0.15, 0.2) is 0 Å². The van der Waals surface area contributed by atoms with E-state index in [1.54, 1.807) is 48.5 Å². The molecule has 0 aromatic heterocycles. The summed E-state index contributed by atoms with van der Waals surface area (Å²) < 4.78 is 187. The van der Waals surface area contributed by atoms with Gasteiger partial charge in [0.15, 0.2) is 0 Å². The van der Waals surface area contributed by atoms with Crippen LogP contribution in [0, 0.1) is 50.2 Å². The number of carbonyl (C=O) groups excluding carboxylic acids is 5. The largest absolute Gasteiger partial charge is 0.462 e. The van der Waals surface area contributed by atoms with Gasteiger partial charge in [-0.2, -0.15) is 48.3 Å². The van der Waals surface area contributed by atoms with Gasteiger partial charge in [0.05, 0.1) is 75.9 Å². The first-order valence-corrected chi connectivity index (χ1v) is 34.0. The molecule has 0 amide bonds. The minimum Gasteiger partial charge on any atom is -0.462 e. The van der Waals surface area contributed by atoms with E-state index in [9.17, 15) is 97.8 Å². The van der Waals surface area contributed by atoms with Gasteiger partial charge in [-0.1, -0.05) is 27.7 Å². The Morgan fingerprint density at radius 3 is 1.23 bits per heavy atom. The Balaban J connectivity index is 0.000000364. The maximum absolute atomic E-state index is 14.0. The Bertz CT molecular complexity index is 2750. The smallest absolute Gasteiger partial charge is 0.449 e. The van der Waals surface area contributed by atoms with Crippen molar-refractivity contribution in [1.82, 2.24) is 0 Å². The highest BCUT2D eigenvalue weighted by atomic mass is 19.4. The molecule has 4 bridgehead atoms. The van der Waals surface area contributed by atoms with Crippen LogP contribution in [0.1, 0.15) is 249 Å². The normalized spacial score (nSPS) is 29.4. The quantitative estimate of drug-likeness (QED) is 0.0383. The molecule has 5 N–H and O–H groups in total. The summed E-state index contributed by atoms with van der Waals surface area (Å²) in [7, 11) is 0. The average molecular weight is 1450 g/mol. The van der Waals surface area contributed by atoms with E-state index in [0.29, 0.717) is 44.9 Å². The van der Waals surface area contributed by atoms with Crippen LogP contribution in [-0.2, 0) is 61.9 Å². The van der Waals surface area contributed by atoms with Crippen molar-refractivity contribution in [3.05, 3.63) is 0 Å². The van der Waals surface area contributed by atoms with Gasteiger partial charge in [0.2, 0.25) is 5.60 Å². The van der Waals surface area contributed by atoms with Crippen molar-refractivity contribution >= 4 is 29.8 Å². The van der Waals surface area contributed by atoms with Crippen LogP contribution in [0.25, 0.3) is 0 Å². The molecule has 0 aromatic carbocycles. The topological polar surface area (TPSA) is 260 Å². The molecule has 0 spiro atoms. The molecule has 7 fully saturated rings. The van der Waals surface area contributed by atoms with Crippen molar-refractivity contribution in [2.24, 2.45) is 50.2 Å². The number of rotatable bonds is 22. The molecule has 2 saturated heterocycles. The monoisotopic (exact) mass is 1450 g/mol. The average Bonchev–Trinajstić information content (AvgIpc) is 1.30. The highest BCUT2D eigenvalue weighted by Gasteiger charge is 2.83. The third-order valence-corrected chi connectivity index (χ3v) is 22.4. The SMILES string of the molecule is CCC(C)(C)C(=O)OC1(C)COC(O)(C(F)(F)F)C1(F)F.CCC(C)(C)C(=O)OC12CC3CC(C(C)(C)O)(C1)CC(C(C)(C)O)(C3)C2.CCC(C)(C)C(=O)OC1CC(C(C)(C)OCC(C)(C)O)CC(C(C)(C)OCC(O)(C(F)(F)F)C(F)(F)F)C1.CCC(C)(C)C(=O)OC1COC(=O)C1. The van der Waals surface area contributed by atoms with Gasteiger partial charge < -0.3 is 63.4 Å². The number of ether oxygens (including phenoxy) is 8. The minimum atomic E-state index is -6.01.